The van der Waals surface area contributed by atoms with Crippen molar-refractivity contribution in [3.63, 3.8) is 0 Å². The molecule has 0 spiro atoms. The second-order valence-corrected chi connectivity index (χ2v) is 5.29. The molecule has 1 unspecified atom stereocenters. The molecule has 0 fully saturated rings. The fourth-order valence-electron chi connectivity index (χ4n) is 1.77. The SMILES string of the molecule is CC(C)c1ccc(OCC(=O)NC(CC(F)(F)F)C(=O)O)cc1. The van der Waals surface area contributed by atoms with Gasteiger partial charge < -0.3 is 15.2 Å². The Hall–Kier alpha value is -2.25. The molecule has 0 aliphatic carbocycles. The van der Waals surface area contributed by atoms with Crippen LogP contribution in [-0.2, 0) is 9.59 Å². The number of carboxylic acids is 1. The van der Waals surface area contributed by atoms with Gasteiger partial charge in [-0.25, -0.2) is 4.79 Å². The molecule has 1 rings (SSSR count). The van der Waals surface area contributed by atoms with E-state index in [0.717, 1.165) is 5.56 Å². The number of benzene rings is 1. The molecule has 1 atom stereocenters. The predicted molar refractivity (Wildman–Crippen MR) is 76.3 cm³/mol. The second kappa shape index (κ2) is 7.85. The topological polar surface area (TPSA) is 75.6 Å². The number of aliphatic carboxylic acids is 1. The average molecular weight is 333 g/mol. The molecular formula is C15H18F3NO4. The summed E-state index contributed by atoms with van der Waals surface area (Å²) in [7, 11) is 0. The first-order valence-electron chi connectivity index (χ1n) is 6.90. The zero-order valence-electron chi connectivity index (χ0n) is 12.7. The number of carbonyl (C=O) groups excluding carboxylic acids is 1. The number of ether oxygens (including phenoxy) is 1. The van der Waals surface area contributed by atoms with Gasteiger partial charge in [0.2, 0.25) is 0 Å². The van der Waals surface area contributed by atoms with Crippen molar-refractivity contribution in [2.75, 3.05) is 6.61 Å². The van der Waals surface area contributed by atoms with Gasteiger partial charge in [-0.05, 0) is 23.6 Å². The van der Waals surface area contributed by atoms with E-state index < -0.39 is 37.1 Å². The number of alkyl halides is 3. The zero-order chi connectivity index (χ0) is 17.6. The first kappa shape index (κ1) is 18.8. The van der Waals surface area contributed by atoms with E-state index >= 15 is 0 Å². The molecule has 8 heteroatoms. The van der Waals surface area contributed by atoms with Gasteiger partial charge in [-0.3, -0.25) is 4.79 Å². The molecule has 0 radical (unpaired) electrons. The standard InChI is InChI=1S/C15H18F3NO4/c1-9(2)10-3-5-11(6-4-10)23-8-13(20)19-12(14(21)22)7-15(16,17)18/h3-6,9,12H,7-8H2,1-2H3,(H,19,20)(H,21,22). The molecular weight excluding hydrogens is 315 g/mol. The molecule has 5 nitrogen and oxygen atoms in total. The maximum absolute atomic E-state index is 12.2. The van der Waals surface area contributed by atoms with E-state index in [4.69, 9.17) is 9.84 Å². The summed E-state index contributed by atoms with van der Waals surface area (Å²) in [5.74, 6) is -2.00. The maximum atomic E-state index is 12.2. The van der Waals surface area contributed by atoms with Crippen LogP contribution in [0.3, 0.4) is 0 Å². The molecule has 1 aromatic carbocycles. The smallest absolute Gasteiger partial charge is 0.391 e. The summed E-state index contributed by atoms with van der Waals surface area (Å²) in [5.41, 5.74) is 1.07. The molecule has 0 saturated carbocycles. The quantitative estimate of drug-likeness (QED) is 0.804. The number of rotatable bonds is 7. The lowest BCUT2D eigenvalue weighted by Crippen LogP contribution is -2.45. The predicted octanol–water partition coefficient (Wildman–Crippen LogP) is 2.71. The molecule has 0 aliphatic heterocycles. The van der Waals surface area contributed by atoms with Crippen molar-refractivity contribution >= 4 is 11.9 Å². The van der Waals surface area contributed by atoms with Crippen LogP contribution >= 0.6 is 0 Å². The number of nitrogens with one attached hydrogen (secondary N) is 1. The summed E-state index contributed by atoms with van der Waals surface area (Å²) in [6.45, 7) is 3.45. The number of halogens is 3. The van der Waals surface area contributed by atoms with E-state index in [2.05, 4.69) is 0 Å². The van der Waals surface area contributed by atoms with Crippen LogP contribution in [0.4, 0.5) is 13.2 Å². The Kier molecular flexibility index (Phi) is 6.41. The number of amides is 1. The van der Waals surface area contributed by atoms with Crippen molar-refractivity contribution in [3.05, 3.63) is 29.8 Å². The van der Waals surface area contributed by atoms with E-state index in [-0.39, 0.29) is 0 Å². The number of hydrogen-bond donors (Lipinski definition) is 2. The highest BCUT2D eigenvalue weighted by Gasteiger charge is 2.36. The summed E-state index contributed by atoms with van der Waals surface area (Å²) in [6, 6.07) is 4.85. The lowest BCUT2D eigenvalue weighted by atomic mass is 10.0. The molecule has 2 N–H and O–H groups in total. The first-order valence-corrected chi connectivity index (χ1v) is 6.90. The molecule has 0 aliphatic rings. The number of hydrogen-bond acceptors (Lipinski definition) is 3. The van der Waals surface area contributed by atoms with Gasteiger partial charge in [0.25, 0.3) is 5.91 Å². The van der Waals surface area contributed by atoms with Gasteiger partial charge in [0.05, 0.1) is 6.42 Å². The zero-order valence-corrected chi connectivity index (χ0v) is 12.7. The molecule has 0 heterocycles. The van der Waals surface area contributed by atoms with Crippen LogP contribution < -0.4 is 10.1 Å². The molecule has 1 aromatic rings. The molecule has 23 heavy (non-hydrogen) atoms. The maximum Gasteiger partial charge on any atom is 0.391 e. The van der Waals surface area contributed by atoms with Crippen LogP contribution in [0, 0.1) is 0 Å². The van der Waals surface area contributed by atoms with Crippen molar-refractivity contribution < 1.29 is 32.6 Å². The highest BCUT2D eigenvalue weighted by Crippen LogP contribution is 2.22. The summed E-state index contributed by atoms with van der Waals surface area (Å²) in [4.78, 5) is 22.3. The molecule has 0 aromatic heterocycles. The fourth-order valence-corrected chi connectivity index (χ4v) is 1.77. The van der Waals surface area contributed by atoms with E-state index in [9.17, 15) is 22.8 Å². The van der Waals surface area contributed by atoms with Crippen molar-refractivity contribution in [2.45, 2.75) is 38.4 Å². The van der Waals surface area contributed by atoms with Gasteiger partial charge >= 0.3 is 12.1 Å². The Labute approximate surface area is 131 Å². The van der Waals surface area contributed by atoms with Crippen LogP contribution in [0.1, 0.15) is 31.7 Å². The normalized spacial score (nSPS) is 12.8. The average Bonchev–Trinajstić information content (AvgIpc) is 2.43. The van der Waals surface area contributed by atoms with E-state index in [0.29, 0.717) is 11.7 Å². The van der Waals surface area contributed by atoms with E-state index in [1.165, 1.54) is 0 Å². The van der Waals surface area contributed by atoms with Gasteiger partial charge in [-0.1, -0.05) is 26.0 Å². The summed E-state index contributed by atoms with van der Waals surface area (Å²) in [5, 5.41) is 10.5. The fraction of sp³-hybridized carbons (Fsp3) is 0.467. The monoisotopic (exact) mass is 333 g/mol. The van der Waals surface area contributed by atoms with Gasteiger partial charge in [-0.2, -0.15) is 13.2 Å². The lowest BCUT2D eigenvalue weighted by Gasteiger charge is -2.16. The Morgan fingerprint density at radius 3 is 2.22 bits per heavy atom. The Morgan fingerprint density at radius 2 is 1.78 bits per heavy atom. The molecule has 0 saturated heterocycles. The molecule has 0 bridgehead atoms. The van der Waals surface area contributed by atoms with Gasteiger partial charge in [0.1, 0.15) is 11.8 Å². The number of carbonyl (C=O) groups is 2. The third-order valence-electron chi connectivity index (χ3n) is 2.99. The largest absolute Gasteiger partial charge is 0.484 e. The Balaban J connectivity index is 2.53. The third-order valence-corrected chi connectivity index (χ3v) is 2.99. The van der Waals surface area contributed by atoms with Crippen molar-refractivity contribution in [1.82, 2.24) is 5.32 Å². The number of carboxylic acid groups (broad SMARTS) is 1. The van der Waals surface area contributed by atoms with Crippen molar-refractivity contribution in [3.8, 4) is 5.75 Å². The van der Waals surface area contributed by atoms with Crippen LogP contribution in [0.5, 0.6) is 5.75 Å². The summed E-state index contributed by atoms with van der Waals surface area (Å²) < 4.78 is 41.8. The van der Waals surface area contributed by atoms with E-state index in [1.54, 1.807) is 17.4 Å². The minimum absolute atomic E-state index is 0.325. The van der Waals surface area contributed by atoms with Crippen LogP contribution in [0.15, 0.2) is 24.3 Å². The Morgan fingerprint density at radius 1 is 1.22 bits per heavy atom. The highest BCUT2D eigenvalue weighted by molar-refractivity contribution is 5.84. The lowest BCUT2D eigenvalue weighted by molar-refractivity contribution is -0.160. The second-order valence-electron chi connectivity index (χ2n) is 5.29. The highest BCUT2D eigenvalue weighted by atomic mass is 19.4. The third kappa shape index (κ3) is 7.03. The van der Waals surface area contributed by atoms with Crippen molar-refractivity contribution in [2.24, 2.45) is 0 Å². The van der Waals surface area contributed by atoms with Crippen molar-refractivity contribution in [1.29, 1.82) is 0 Å². The summed E-state index contributed by atoms with van der Waals surface area (Å²) in [6.07, 6.45) is -6.33. The van der Waals surface area contributed by atoms with Crippen LogP contribution in [0.25, 0.3) is 0 Å². The van der Waals surface area contributed by atoms with Gasteiger partial charge in [0, 0.05) is 0 Å². The molecule has 128 valence electrons. The summed E-state index contributed by atoms with van der Waals surface area (Å²) >= 11 is 0. The van der Waals surface area contributed by atoms with Gasteiger partial charge in [-0.15, -0.1) is 0 Å². The minimum atomic E-state index is -4.69. The van der Waals surface area contributed by atoms with E-state index in [1.807, 2.05) is 26.0 Å². The minimum Gasteiger partial charge on any atom is -0.484 e. The first-order chi connectivity index (χ1) is 10.6. The van der Waals surface area contributed by atoms with Crippen LogP contribution in [-0.4, -0.2) is 35.8 Å². The molecule has 1 amide bonds. The van der Waals surface area contributed by atoms with Crippen LogP contribution in [0.2, 0.25) is 0 Å². The van der Waals surface area contributed by atoms with Gasteiger partial charge in [0.15, 0.2) is 6.61 Å². The Bertz CT molecular complexity index is 541.